The van der Waals surface area contributed by atoms with Crippen LogP contribution in [-0.4, -0.2) is 42.9 Å². The van der Waals surface area contributed by atoms with Crippen molar-refractivity contribution in [1.29, 1.82) is 0 Å². The number of piperidine rings is 1. The quantitative estimate of drug-likeness (QED) is 0.772. The molecule has 1 aliphatic heterocycles. The van der Waals surface area contributed by atoms with Crippen LogP contribution in [0.2, 0.25) is 0 Å². The van der Waals surface area contributed by atoms with Gasteiger partial charge in [-0.15, -0.1) is 0 Å². The highest BCUT2D eigenvalue weighted by molar-refractivity contribution is 8.06. The fraction of sp³-hybridized carbons (Fsp3) is 1.00. The van der Waals surface area contributed by atoms with Crippen LogP contribution in [0.25, 0.3) is 0 Å². The summed E-state index contributed by atoms with van der Waals surface area (Å²) in [6.45, 7) is 3.16. The lowest BCUT2D eigenvalue weighted by Crippen LogP contribution is -2.52. The molecule has 0 spiro atoms. The SMILES string of the molecule is CCC(C)(S(=O)(=O)O)S(=O)(=O)N1CCCCC1. The van der Waals surface area contributed by atoms with Gasteiger partial charge in [0.2, 0.25) is 14.1 Å². The van der Waals surface area contributed by atoms with Crippen molar-refractivity contribution in [3.8, 4) is 0 Å². The smallest absolute Gasteiger partial charge is 0.284 e. The predicted octanol–water partition coefficient (Wildman–Crippen LogP) is 0.816. The summed E-state index contributed by atoms with van der Waals surface area (Å²) in [7, 11) is -8.69. The van der Waals surface area contributed by atoms with Crippen molar-refractivity contribution < 1.29 is 21.4 Å². The molecule has 1 atom stereocenters. The Kier molecular flexibility index (Phi) is 4.23. The zero-order chi connectivity index (χ0) is 13.3. The molecule has 1 unspecified atom stereocenters. The molecule has 1 N–H and O–H groups in total. The summed E-state index contributed by atoms with van der Waals surface area (Å²) >= 11 is 0. The Labute approximate surface area is 103 Å². The molecule has 102 valence electrons. The van der Waals surface area contributed by atoms with Gasteiger partial charge >= 0.3 is 0 Å². The summed E-state index contributed by atoms with van der Waals surface area (Å²) in [5.41, 5.74) is 0. The van der Waals surface area contributed by atoms with Crippen LogP contribution in [0.4, 0.5) is 0 Å². The van der Waals surface area contributed by atoms with Gasteiger partial charge in [0.1, 0.15) is 0 Å². The molecule has 0 aromatic rings. The van der Waals surface area contributed by atoms with Crippen LogP contribution >= 0.6 is 0 Å². The molecule has 0 radical (unpaired) electrons. The Morgan fingerprint density at radius 3 is 1.94 bits per heavy atom. The number of hydrogen-bond donors (Lipinski definition) is 1. The Bertz CT molecular complexity index is 464. The van der Waals surface area contributed by atoms with E-state index in [1.807, 2.05) is 0 Å². The van der Waals surface area contributed by atoms with Crippen LogP contribution in [-0.2, 0) is 20.1 Å². The topological polar surface area (TPSA) is 91.7 Å². The fourth-order valence-electron chi connectivity index (χ4n) is 1.88. The molecule has 1 aliphatic rings. The van der Waals surface area contributed by atoms with Crippen LogP contribution in [0.15, 0.2) is 0 Å². The third kappa shape index (κ3) is 2.49. The van der Waals surface area contributed by atoms with E-state index in [4.69, 9.17) is 4.55 Å². The molecule has 17 heavy (non-hydrogen) atoms. The highest BCUT2D eigenvalue weighted by Crippen LogP contribution is 2.31. The molecule has 0 aromatic carbocycles. The molecule has 8 heteroatoms. The van der Waals surface area contributed by atoms with E-state index in [0.717, 1.165) is 26.2 Å². The second-order valence-corrected chi connectivity index (χ2v) is 8.90. The molecular weight excluding hydrogens is 266 g/mol. The van der Waals surface area contributed by atoms with Crippen LogP contribution in [0.3, 0.4) is 0 Å². The lowest BCUT2D eigenvalue weighted by molar-refractivity contribution is 0.336. The Hall–Kier alpha value is -0.180. The van der Waals surface area contributed by atoms with Gasteiger partial charge in [-0.2, -0.15) is 8.42 Å². The highest BCUT2D eigenvalue weighted by atomic mass is 32.3. The molecule has 0 aliphatic carbocycles. The van der Waals surface area contributed by atoms with Gasteiger partial charge < -0.3 is 0 Å². The maximum absolute atomic E-state index is 12.3. The molecule has 0 aromatic heterocycles. The zero-order valence-electron chi connectivity index (χ0n) is 10.1. The largest absolute Gasteiger partial charge is 0.286 e. The van der Waals surface area contributed by atoms with E-state index in [-0.39, 0.29) is 6.42 Å². The maximum Gasteiger partial charge on any atom is 0.286 e. The monoisotopic (exact) mass is 285 g/mol. The summed E-state index contributed by atoms with van der Waals surface area (Å²) in [4.78, 5) is 0. The van der Waals surface area contributed by atoms with Gasteiger partial charge in [-0.1, -0.05) is 13.3 Å². The fourth-order valence-corrected chi connectivity index (χ4v) is 5.27. The van der Waals surface area contributed by atoms with E-state index in [9.17, 15) is 16.8 Å². The second kappa shape index (κ2) is 4.83. The first-order valence-electron chi connectivity index (χ1n) is 5.63. The molecule has 1 rings (SSSR count). The summed E-state index contributed by atoms with van der Waals surface area (Å²) in [5.74, 6) is 0. The van der Waals surface area contributed by atoms with Crippen molar-refractivity contribution in [3.63, 3.8) is 0 Å². The molecule has 1 saturated heterocycles. The lowest BCUT2D eigenvalue weighted by Gasteiger charge is -2.34. The number of nitrogens with zero attached hydrogens (tertiary/aromatic N) is 1. The Morgan fingerprint density at radius 2 is 1.59 bits per heavy atom. The summed E-state index contributed by atoms with van der Waals surface area (Å²) in [5, 5.41) is 0. The molecule has 0 saturated carbocycles. The Morgan fingerprint density at radius 1 is 1.12 bits per heavy atom. The minimum Gasteiger partial charge on any atom is -0.284 e. The first kappa shape index (κ1) is 14.9. The first-order valence-corrected chi connectivity index (χ1v) is 8.51. The molecule has 6 nitrogen and oxygen atoms in total. The van der Waals surface area contributed by atoms with Crippen LogP contribution in [0, 0.1) is 0 Å². The molecule has 0 amide bonds. The standard InChI is InChI=1S/C9H19NO5S2/c1-3-9(2,17(13,14)15)16(11,12)10-7-5-4-6-8-10/h3-8H2,1-2H3,(H,13,14,15). The van der Waals surface area contributed by atoms with Crippen LogP contribution < -0.4 is 0 Å². The van der Waals surface area contributed by atoms with E-state index in [0.29, 0.717) is 13.1 Å². The van der Waals surface area contributed by atoms with Gasteiger partial charge in [-0.3, -0.25) is 4.55 Å². The lowest BCUT2D eigenvalue weighted by atomic mass is 10.2. The van der Waals surface area contributed by atoms with Crippen molar-refractivity contribution in [3.05, 3.63) is 0 Å². The van der Waals surface area contributed by atoms with Gasteiger partial charge in [-0.05, 0) is 26.2 Å². The van der Waals surface area contributed by atoms with E-state index >= 15 is 0 Å². The van der Waals surface area contributed by atoms with Gasteiger partial charge in [0.15, 0.2) is 0 Å². The molecule has 1 heterocycles. The second-order valence-electron chi connectivity index (χ2n) is 4.43. The highest BCUT2D eigenvalue weighted by Gasteiger charge is 2.51. The third-order valence-corrected chi connectivity index (χ3v) is 8.46. The minimum atomic E-state index is -4.65. The number of hydrogen-bond acceptors (Lipinski definition) is 4. The average Bonchev–Trinajstić information content (AvgIpc) is 2.27. The third-order valence-electron chi connectivity index (χ3n) is 3.39. The maximum atomic E-state index is 12.3. The molecule has 0 bridgehead atoms. The van der Waals surface area contributed by atoms with Crippen molar-refractivity contribution in [2.24, 2.45) is 0 Å². The first-order chi connectivity index (χ1) is 7.67. The minimum absolute atomic E-state index is 0.176. The summed E-state index contributed by atoms with van der Waals surface area (Å²) in [6, 6.07) is 0. The van der Waals surface area contributed by atoms with Crippen molar-refractivity contribution in [2.45, 2.75) is 43.6 Å². The van der Waals surface area contributed by atoms with E-state index in [1.54, 1.807) is 0 Å². The van der Waals surface area contributed by atoms with Crippen molar-refractivity contribution in [2.75, 3.05) is 13.1 Å². The van der Waals surface area contributed by atoms with Crippen LogP contribution in [0.5, 0.6) is 0 Å². The van der Waals surface area contributed by atoms with Crippen molar-refractivity contribution in [1.82, 2.24) is 4.31 Å². The Balaban J connectivity index is 3.19. The van der Waals surface area contributed by atoms with Gasteiger partial charge in [0.25, 0.3) is 10.1 Å². The molecular formula is C9H19NO5S2. The van der Waals surface area contributed by atoms with Gasteiger partial charge in [-0.25, -0.2) is 12.7 Å². The predicted molar refractivity (Wildman–Crippen MR) is 64.6 cm³/mol. The summed E-state index contributed by atoms with van der Waals surface area (Å²) < 4.78 is 55.4. The van der Waals surface area contributed by atoms with E-state index in [2.05, 4.69) is 0 Å². The zero-order valence-corrected chi connectivity index (χ0v) is 11.7. The van der Waals surface area contributed by atoms with Crippen LogP contribution in [0.1, 0.15) is 39.5 Å². The normalized spacial score (nSPS) is 23.2. The van der Waals surface area contributed by atoms with Gasteiger partial charge in [0.05, 0.1) is 0 Å². The number of rotatable bonds is 4. The van der Waals surface area contributed by atoms with E-state index < -0.39 is 24.2 Å². The molecule has 1 fully saturated rings. The number of sulfonamides is 1. The summed E-state index contributed by atoms with van der Waals surface area (Å²) in [6.07, 6.45) is 2.22. The van der Waals surface area contributed by atoms with E-state index in [1.165, 1.54) is 11.2 Å². The average molecular weight is 285 g/mol. The van der Waals surface area contributed by atoms with Gasteiger partial charge in [0, 0.05) is 13.1 Å². The van der Waals surface area contributed by atoms with Crippen molar-refractivity contribution >= 4 is 20.1 Å².